The molecule has 0 unspecified atom stereocenters. The van der Waals surface area contributed by atoms with Crippen LogP contribution in [0.1, 0.15) is 40.1 Å². The number of piperidine rings is 1. The molecular formula is C26H26N6O4. The molecule has 0 aliphatic carbocycles. The van der Waals surface area contributed by atoms with E-state index in [1.54, 1.807) is 30.5 Å². The predicted molar refractivity (Wildman–Crippen MR) is 135 cm³/mol. The second-order valence-electron chi connectivity index (χ2n) is 8.92. The van der Waals surface area contributed by atoms with E-state index < -0.39 is 12.0 Å². The fourth-order valence-electron chi connectivity index (χ4n) is 4.55. The Morgan fingerprint density at radius 3 is 2.58 bits per heavy atom. The van der Waals surface area contributed by atoms with Crippen molar-refractivity contribution in [2.24, 2.45) is 5.92 Å². The van der Waals surface area contributed by atoms with Crippen LogP contribution in [-0.2, 0) is 0 Å². The number of carbonyl (C=O) groups excluding carboxylic acids is 2. The van der Waals surface area contributed by atoms with E-state index in [9.17, 15) is 14.4 Å². The number of amides is 3. The number of carbonyl (C=O) groups is 3. The van der Waals surface area contributed by atoms with Crippen LogP contribution < -0.4 is 10.6 Å². The number of rotatable bonds is 6. The number of likely N-dealkylation sites (tertiary alicyclic amines) is 1. The minimum atomic E-state index is -0.877. The Labute approximate surface area is 206 Å². The van der Waals surface area contributed by atoms with E-state index in [1.807, 2.05) is 24.3 Å². The first-order valence-corrected chi connectivity index (χ1v) is 11.9. The minimum absolute atomic E-state index is 0.232. The SMILES string of the molecule is O=C(Nc1nc2c(C(=O)NCCC3CCN(C(=O)O)CC3)cccc2[nH]1)c1cc2ccccc2cn1. The molecule has 4 N–H and O–H groups in total. The van der Waals surface area contributed by atoms with Crippen LogP contribution in [-0.4, -0.2) is 62.5 Å². The molecule has 2 aromatic carbocycles. The molecule has 184 valence electrons. The number of imidazole rings is 1. The van der Waals surface area contributed by atoms with E-state index in [2.05, 4.69) is 25.6 Å². The van der Waals surface area contributed by atoms with E-state index in [-0.39, 0.29) is 17.5 Å². The Hall–Kier alpha value is -4.47. The number of carboxylic acid groups (broad SMARTS) is 1. The van der Waals surface area contributed by atoms with Gasteiger partial charge in [0.1, 0.15) is 11.2 Å². The molecule has 0 saturated carbocycles. The Kier molecular flexibility index (Phi) is 6.48. The van der Waals surface area contributed by atoms with Crippen LogP contribution in [0.3, 0.4) is 0 Å². The van der Waals surface area contributed by atoms with E-state index >= 15 is 0 Å². The van der Waals surface area contributed by atoms with Gasteiger partial charge in [-0.3, -0.25) is 19.9 Å². The summed E-state index contributed by atoms with van der Waals surface area (Å²) in [6.45, 7) is 1.56. The van der Waals surface area contributed by atoms with Gasteiger partial charge < -0.3 is 20.3 Å². The number of hydrogen-bond acceptors (Lipinski definition) is 5. The second-order valence-corrected chi connectivity index (χ2v) is 8.92. The third-order valence-corrected chi connectivity index (χ3v) is 6.58. The number of hydrogen-bond donors (Lipinski definition) is 4. The summed E-state index contributed by atoms with van der Waals surface area (Å²) in [4.78, 5) is 49.8. The van der Waals surface area contributed by atoms with E-state index in [0.29, 0.717) is 42.1 Å². The molecular weight excluding hydrogens is 460 g/mol. The molecule has 36 heavy (non-hydrogen) atoms. The summed E-state index contributed by atoms with van der Waals surface area (Å²) in [5.74, 6) is -0.0353. The maximum absolute atomic E-state index is 12.9. The third-order valence-electron chi connectivity index (χ3n) is 6.58. The maximum atomic E-state index is 12.9. The number of aromatic amines is 1. The van der Waals surface area contributed by atoms with Gasteiger partial charge in [0.15, 0.2) is 0 Å². The zero-order valence-corrected chi connectivity index (χ0v) is 19.5. The molecule has 1 aliphatic heterocycles. The molecule has 10 heteroatoms. The number of H-pyrrole nitrogens is 1. The summed E-state index contributed by atoms with van der Waals surface area (Å²) >= 11 is 0. The van der Waals surface area contributed by atoms with Crippen LogP contribution in [0.25, 0.3) is 21.8 Å². The minimum Gasteiger partial charge on any atom is -0.465 e. The highest BCUT2D eigenvalue weighted by molar-refractivity contribution is 6.07. The van der Waals surface area contributed by atoms with Crippen molar-refractivity contribution in [2.45, 2.75) is 19.3 Å². The van der Waals surface area contributed by atoms with Crippen LogP contribution in [0, 0.1) is 5.92 Å². The fourth-order valence-corrected chi connectivity index (χ4v) is 4.55. The first-order valence-electron chi connectivity index (χ1n) is 11.9. The van der Waals surface area contributed by atoms with Crippen LogP contribution in [0.4, 0.5) is 10.7 Å². The van der Waals surface area contributed by atoms with Crippen molar-refractivity contribution in [2.75, 3.05) is 25.0 Å². The van der Waals surface area contributed by atoms with Crippen molar-refractivity contribution in [3.05, 3.63) is 66.0 Å². The van der Waals surface area contributed by atoms with Gasteiger partial charge in [-0.1, -0.05) is 30.3 Å². The molecule has 0 spiro atoms. The van der Waals surface area contributed by atoms with Gasteiger partial charge in [-0.2, -0.15) is 0 Å². The molecule has 0 bridgehead atoms. The molecule has 1 fully saturated rings. The number of pyridine rings is 1. The van der Waals surface area contributed by atoms with Gasteiger partial charge in [-0.15, -0.1) is 0 Å². The summed E-state index contributed by atoms with van der Waals surface area (Å²) in [5.41, 5.74) is 1.77. The number of anilines is 1. The molecule has 10 nitrogen and oxygen atoms in total. The van der Waals surface area contributed by atoms with E-state index in [0.717, 1.165) is 30.0 Å². The van der Waals surface area contributed by atoms with Crippen molar-refractivity contribution >= 4 is 45.7 Å². The highest BCUT2D eigenvalue weighted by Gasteiger charge is 2.22. The lowest BCUT2D eigenvalue weighted by molar-refractivity contribution is 0.0948. The molecule has 2 aromatic heterocycles. The third kappa shape index (κ3) is 4.97. The van der Waals surface area contributed by atoms with Crippen LogP contribution in [0.15, 0.2) is 54.7 Å². The number of para-hydroxylation sites is 1. The lowest BCUT2D eigenvalue weighted by atomic mass is 9.94. The first kappa shape index (κ1) is 23.3. The van der Waals surface area contributed by atoms with Gasteiger partial charge in [0.05, 0.1) is 11.1 Å². The van der Waals surface area contributed by atoms with Gasteiger partial charge in [-0.05, 0) is 48.8 Å². The van der Waals surface area contributed by atoms with Gasteiger partial charge in [0.2, 0.25) is 5.95 Å². The smallest absolute Gasteiger partial charge is 0.407 e. The Morgan fingerprint density at radius 2 is 1.81 bits per heavy atom. The van der Waals surface area contributed by atoms with Crippen molar-refractivity contribution in [3.63, 3.8) is 0 Å². The number of fused-ring (bicyclic) bond motifs is 2. The normalized spacial score (nSPS) is 14.2. The van der Waals surface area contributed by atoms with Crippen molar-refractivity contribution in [1.82, 2.24) is 25.2 Å². The van der Waals surface area contributed by atoms with Gasteiger partial charge >= 0.3 is 6.09 Å². The monoisotopic (exact) mass is 486 g/mol. The number of benzene rings is 2. The topological polar surface area (TPSA) is 140 Å². The summed E-state index contributed by atoms with van der Waals surface area (Å²) in [6, 6.07) is 14.6. The molecule has 3 amide bonds. The average molecular weight is 487 g/mol. The quantitative estimate of drug-likeness (QED) is 0.326. The predicted octanol–water partition coefficient (Wildman–Crippen LogP) is 3.87. The largest absolute Gasteiger partial charge is 0.465 e. The van der Waals surface area contributed by atoms with Gasteiger partial charge in [-0.25, -0.2) is 9.78 Å². The van der Waals surface area contributed by atoms with Crippen molar-refractivity contribution < 1.29 is 19.5 Å². The zero-order chi connectivity index (χ0) is 25.1. The number of nitrogens with one attached hydrogen (secondary N) is 3. The Morgan fingerprint density at radius 1 is 1.03 bits per heavy atom. The van der Waals surface area contributed by atoms with Crippen molar-refractivity contribution in [3.8, 4) is 0 Å². The average Bonchev–Trinajstić information content (AvgIpc) is 3.31. The number of nitrogens with zero attached hydrogens (tertiary/aromatic N) is 3. The highest BCUT2D eigenvalue weighted by atomic mass is 16.4. The summed E-state index contributed by atoms with van der Waals surface area (Å²) in [7, 11) is 0. The van der Waals surface area contributed by atoms with Gasteiger partial charge in [0, 0.05) is 31.2 Å². The summed E-state index contributed by atoms with van der Waals surface area (Å²) in [6.07, 6.45) is 3.16. The molecule has 1 saturated heterocycles. The van der Waals surface area contributed by atoms with Crippen molar-refractivity contribution in [1.29, 1.82) is 0 Å². The fraction of sp³-hybridized carbons (Fsp3) is 0.269. The second kappa shape index (κ2) is 10.0. The number of aromatic nitrogens is 3. The molecule has 1 aliphatic rings. The van der Waals surface area contributed by atoms with E-state index in [1.165, 1.54) is 4.90 Å². The van der Waals surface area contributed by atoms with Gasteiger partial charge in [0.25, 0.3) is 11.8 Å². The molecule has 0 radical (unpaired) electrons. The van der Waals surface area contributed by atoms with Crippen LogP contribution >= 0.6 is 0 Å². The lowest BCUT2D eigenvalue weighted by Gasteiger charge is -2.29. The maximum Gasteiger partial charge on any atom is 0.407 e. The highest BCUT2D eigenvalue weighted by Crippen LogP contribution is 2.22. The van der Waals surface area contributed by atoms with Crippen LogP contribution in [0.2, 0.25) is 0 Å². The molecule has 3 heterocycles. The first-order chi connectivity index (χ1) is 17.5. The Balaban J connectivity index is 1.22. The zero-order valence-electron chi connectivity index (χ0n) is 19.5. The summed E-state index contributed by atoms with van der Waals surface area (Å²) < 4.78 is 0. The van der Waals surface area contributed by atoms with E-state index in [4.69, 9.17) is 5.11 Å². The lowest BCUT2D eigenvalue weighted by Crippen LogP contribution is -2.38. The molecule has 0 atom stereocenters. The Bertz CT molecular complexity index is 1440. The summed E-state index contributed by atoms with van der Waals surface area (Å²) in [5, 5.41) is 16.6. The standard InChI is InChI=1S/C26H26N6O4/c33-23(27-11-8-16-9-12-32(13-10-16)26(35)36)19-6-3-7-20-22(19)30-25(29-20)31-24(34)21-14-17-4-1-2-5-18(17)15-28-21/h1-7,14-16H,8-13H2,(H,27,33)(H,35,36)(H2,29,30,31,34). The molecule has 5 rings (SSSR count). The van der Waals surface area contributed by atoms with Crippen LogP contribution in [0.5, 0.6) is 0 Å². The molecule has 4 aromatic rings.